The van der Waals surface area contributed by atoms with E-state index in [-0.39, 0.29) is 18.7 Å². The minimum Gasteiger partial charge on any atom is -0.459 e. The van der Waals surface area contributed by atoms with Crippen molar-refractivity contribution in [2.45, 2.75) is 38.4 Å². The van der Waals surface area contributed by atoms with Crippen molar-refractivity contribution in [3.05, 3.63) is 77.9 Å². The van der Waals surface area contributed by atoms with Crippen LogP contribution in [0.3, 0.4) is 0 Å². The van der Waals surface area contributed by atoms with Crippen molar-refractivity contribution in [1.29, 1.82) is 0 Å². The van der Waals surface area contributed by atoms with Gasteiger partial charge in [0.15, 0.2) is 0 Å². The summed E-state index contributed by atoms with van der Waals surface area (Å²) >= 11 is 0. The van der Waals surface area contributed by atoms with Gasteiger partial charge in [0.25, 0.3) is 0 Å². The van der Waals surface area contributed by atoms with Crippen LogP contribution in [0.5, 0.6) is 0 Å². The SMILES string of the molecule is C=CC1CCC(OC(=O)c2ccc(/C=C/C(=O)OCc3cc(N)cc(N)c3)cc2)CC1. The van der Waals surface area contributed by atoms with Gasteiger partial charge in [-0.2, -0.15) is 0 Å². The number of allylic oxidation sites excluding steroid dienone is 1. The van der Waals surface area contributed by atoms with E-state index in [1.54, 1.807) is 48.5 Å². The lowest BCUT2D eigenvalue weighted by Crippen LogP contribution is -2.23. The maximum Gasteiger partial charge on any atom is 0.338 e. The van der Waals surface area contributed by atoms with Crippen LogP contribution in [0.2, 0.25) is 0 Å². The summed E-state index contributed by atoms with van der Waals surface area (Å²) in [7, 11) is 0. The molecular formula is C25H28N2O4. The molecule has 0 heterocycles. The monoisotopic (exact) mass is 420 g/mol. The Balaban J connectivity index is 1.47. The Labute approximate surface area is 182 Å². The second-order valence-electron chi connectivity index (χ2n) is 7.75. The summed E-state index contributed by atoms with van der Waals surface area (Å²) in [6.45, 7) is 3.91. The molecule has 0 unspecified atom stereocenters. The number of hydrogen-bond acceptors (Lipinski definition) is 6. The van der Waals surface area contributed by atoms with Crippen molar-refractivity contribution >= 4 is 29.4 Å². The molecule has 1 aliphatic carbocycles. The number of benzene rings is 2. The zero-order valence-corrected chi connectivity index (χ0v) is 17.5. The van der Waals surface area contributed by atoms with E-state index >= 15 is 0 Å². The van der Waals surface area contributed by atoms with E-state index in [1.807, 2.05) is 6.08 Å². The largest absolute Gasteiger partial charge is 0.459 e. The molecule has 0 saturated heterocycles. The predicted octanol–water partition coefficient (Wildman–Crippen LogP) is 4.51. The molecule has 1 fully saturated rings. The van der Waals surface area contributed by atoms with Crippen LogP contribution in [0, 0.1) is 5.92 Å². The quantitative estimate of drug-likeness (QED) is 0.296. The molecule has 2 aromatic rings. The van der Waals surface area contributed by atoms with Crippen LogP contribution < -0.4 is 11.5 Å². The van der Waals surface area contributed by atoms with E-state index in [1.165, 1.54) is 6.08 Å². The lowest BCUT2D eigenvalue weighted by atomic mass is 9.87. The van der Waals surface area contributed by atoms with Gasteiger partial charge in [0, 0.05) is 17.5 Å². The molecule has 162 valence electrons. The Morgan fingerprint density at radius 1 is 1.00 bits per heavy atom. The topological polar surface area (TPSA) is 105 Å². The van der Waals surface area contributed by atoms with Gasteiger partial charge in [0.05, 0.1) is 5.56 Å². The number of rotatable bonds is 7. The summed E-state index contributed by atoms with van der Waals surface area (Å²) < 4.78 is 10.8. The van der Waals surface area contributed by atoms with Crippen molar-refractivity contribution in [3.63, 3.8) is 0 Å². The average molecular weight is 421 g/mol. The van der Waals surface area contributed by atoms with Gasteiger partial charge in [-0.3, -0.25) is 0 Å². The molecule has 0 atom stereocenters. The second-order valence-corrected chi connectivity index (χ2v) is 7.75. The van der Waals surface area contributed by atoms with Crippen LogP contribution in [-0.2, 0) is 20.9 Å². The van der Waals surface area contributed by atoms with Crippen LogP contribution >= 0.6 is 0 Å². The molecule has 0 amide bonds. The van der Waals surface area contributed by atoms with Gasteiger partial charge in [0.1, 0.15) is 12.7 Å². The zero-order chi connectivity index (χ0) is 22.2. The highest BCUT2D eigenvalue weighted by molar-refractivity contribution is 5.90. The summed E-state index contributed by atoms with van der Waals surface area (Å²) in [5, 5.41) is 0. The second kappa shape index (κ2) is 10.5. The summed E-state index contributed by atoms with van der Waals surface area (Å²) in [5.41, 5.74) is 14.5. The molecular weight excluding hydrogens is 392 g/mol. The summed E-state index contributed by atoms with van der Waals surface area (Å²) in [6, 6.07) is 11.9. The highest BCUT2D eigenvalue weighted by Gasteiger charge is 2.22. The Morgan fingerprint density at radius 3 is 2.26 bits per heavy atom. The number of carbonyl (C=O) groups is 2. The third kappa shape index (κ3) is 6.74. The lowest BCUT2D eigenvalue weighted by molar-refractivity contribution is -0.138. The van der Waals surface area contributed by atoms with E-state index in [9.17, 15) is 9.59 Å². The molecule has 6 heteroatoms. The molecule has 4 N–H and O–H groups in total. The molecule has 6 nitrogen and oxygen atoms in total. The minimum atomic E-state index is -0.486. The van der Waals surface area contributed by atoms with Gasteiger partial charge in [-0.15, -0.1) is 6.58 Å². The predicted molar refractivity (Wildman–Crippen MR) is 122 cm³/mol. The maximum absolute atomic E-state index is 12.4. The summed E-state index contributed by atoms with van der Waals surface area (Å²) in [6.07, 6.45) is 8.66. The number of hydrogen-bond donors (Lipinski definition) is 2. The van der Waals surface area contributed by atoms with E-state index in [0.29, 0.717) is 22.9 Å². The number of nitrogen functional groups attached to an aromatic ring is 2. The number of carbonyl (C=O) groups excluding carboxylic acids is 2. The first-order chi connectivity index (χ1) is 14.9. The van der Waals surface area contributed by atoms with Gasteiger partial charge in [-0.05, 0) is 79.1 Å². The first-order valence-electron chi connectivity index (χ1n) is 10.4. The average Bonchev–Trinajstić information content (AvgIpc) is 2.76. The van der Waals surface area contributed by atoms with Crippen LogP contribution in [0.15, 0.2) is 61.2 Å². The third-order valence-electron chi connectivity index (χ3n) is 5.30. The molecule has 0 aromatic heterocycles. The van der Waals surface area contributed by atoms with Crippen LogP contribution in [0.25, 0.3) is 6.08 Å². The van der Waals surface area contributed by atoms with Gasteiger partial charge in [-0.1, -0.05) is 18.2 Å². The van der Waals surface area contributed by atoms with Gasteiger partial charge in [-0.25, -0.2) is 9.59 Å². The molecule has 0 bridgehead atoms. The maximum atomic E-state index is 12.4. The summed E-state index contributed by atoms with van der Waals surface area (Å²) in [4.78, 5) is 24.3. The lowest BCUT2D eigenvalue weighted by Gasteiger charge is -2.26. The third-order valence-corrected chi connectivity index (χ3v) is 5.30. The Hall–Kier alpha value is -3.54. The van der Waals surface area contributed by atoms with Crippen molar-refractivity contribution < 1.29 is 19.1 Å². The fraction of sp³-hybridized carbons (Fsp3) is 0.280. The van der Waals surface area contributed by atoms with Gasteiger partial charge in [0.2, 0.25) is 0 Å². The van der Waals surface area contributed by atoms with Crippen molar-refractivity contribution in [2.24, 2.45) is 5.92 Å². The first kappa shape index (κ1) is 22.2. The fourth-order valence-electron chi connectivity index (χ4n) is 3.59. The van der Waals surface area contributed by atoms with E-state index < -0.39 is 5.97 Å². The van der Waals surface area contributed by atoms with E-state index in [2.05, 4.69) is 6.58 Å². The molecule has 0 aliphatic heterocycles. The van der Waals surface area contributed by atoms with Crippen LogP contribution in [0.4, 0.5) is 11.4 Å². The zero-order valence-electron chi connectivity index (χ0n) is 17.5. The van der Waals surface area contributed by atoms with Crippen molar-refractivity contribution in [3.8, 4) is 0 Å². The Morgan fingerprint density at radius 2 is 1.65 bits per heavy atom. The molecule has 0 radical (unpaired) electrons. The molecule has 0 spiro atoms. The van der Waals surface area contributed by atoms with Crippen LogP contribution in [-0.4, -0.2) is 18.0 Å². The van der Waals surface area contributed by atoms with Crippen molar-refractivity contribution in [1.82, 2.24) is 0 Å². The normalized spacial score (nSPS) is 18.5. The molecule has 2 aromatic carbocycles. The fourth-order valence-corrected chi connectivity index (χ4v) is 3.59. The molecule has 1 saturated carbocycles. The smallest absolute Gasteiger partial charge is 0.338 e. The number of ether oxygens (including phenoxy) is 2. The molecule has 3 rings (SSSR count). The van der Waals surface area contributed by atoms with Crippen LogP contribution in [0.1, 0.15) is 47.2 Å². The Bertz CT molecular complexity index is 938. The van der Waals surface area contributed by atoms with Gasteiger partial charge < -0.3 is 20.9 Å². The highest BCUT2D eigenvalue weighted by atomic mass is 16.5. The number of nitrogens with two attached hydrogens (primary N) is 2. The Kier molecular flexibility index (Phi) is 7.49. The number of anilines is 2. The van der Waals surface area contributed by atoms with E-state index in [4.69, 9.17) is 20.9 Å². The standard InChI is InChI=1S/C25H28N2O4/c1-2-17-5-10-23(11-6-17)31-25(29)20-8-3-18(4-9-20)7-12-24(28)30-16-19-13-21(26)15-22(27)14-19/h2-4,7-9,12-15,17,23H,1,5-6,10-11,16,26-27H2/b12-7+. The number of esters is 2. The first-order valence-corrected chi connectivity index (χ1v) is 10.4. The summed E-state index contributed by atoms with van der Waals surface area (Å²) in [5.74, 6) is -0.283. The van der Waals surface area contributed by atoms with E-state index in [0.717, 1.165) is 36.8 Å². The van der Waals surface area contributed by atoms with Crippen molar-refractivity contribution in [2.75, 3.05) is 11.5 Å². The molecule has 31 heavy (non-hydrogen) atoms. The highest BCUT2D eigenvalue weighted by Crippen LogP contribution is 2.27. The van der Waals surface area contributed by atoms with Gasteiger partial charge >= 0.3 is 11.9 Å². The minimum absolute atomic E-state index is 0.0339. The molecule has 1 aliphatic rings.